The molecule has 1 aromatic rings. The highest BCUT2D eigenvalue weighted by Crippen LogP contribution is 2.45. The molecule has 2 aliphatic carbocycles. The Morgan fingerprint density at radius 1 is 0.957 bits per heavy atom. The number of carboxylic acids is 1. The molecule has 5 atom stereocenters. The second-order valence-electron chi connectivity index (χ2n) is 13.3. The smallest absolute Gasteiger partial charge is 0.410 e. The van der Waals surface area contributed by atoms with Crippen LogP contribution in [0.4, 0.5) is 9.59 Å². The Balaban J connectivity index is 1.20. The van der Waals surface area contributed by atoms with Gasteiger partial charge in [-0.15, -0.1) is 0 Å². The third-order valence-electron chi connectivity index (χ3n) is 10.1. The molecule has 4 amide bonds. The Morgan fingerprint density at radius 2 is 1.72 bits per heavy atom. The number of hydrogen-bond donors (Lipinski definition) is 3. The minimum atomic E-state index is -1.44. The summed E-state index contributed by atoms with van der Waals surface area (Å²) in [6, 6.07) is 5.91. The third kappa shape index (κ3) is 7.00. The SMILES string of the molecule is O=C(N[C@H]1CCCCCC=C[C@@H]2C[C@@]2(C(=O)O)NC(=O)[C@@H]2C[C@@H](OC(=O)N3CCc4ccccc4C3)CN2C1=O)OC1CCCC1. The van der Waals surface area contributed by atoms with Crippen LogP contribution in [-0.4, -0.2) is 87.8 Å². The summed E-state index contributed by atoms with van der Waals surface area (Å²) in [4.78, 5) is 69.4. The van der Waals surface area contributed by atoms with Crippen LogP contribution >= 0.6 is 0 Å². The molecule has 3 N–H and O–H groups in total. The fourth-order valence-electron chi connectivity index (χ4n) is 7.35. The average Bonchev–Trinajstić information content (AvgIpc) is 3.32. The van der Waals surface area contributed by atoms with E-state index in [4.69, 9.17) is 9.47 Å². The zero-order valence-corrected chi connectivity index (χ0v) is 26.2. The van der Waals surface area contributed by atoms with E-state index in [9.17, 15) is 29.1 Å². The normalized spacial score (nSPS) is 30.2. The number of carbonyl (C=O) groups is 5. The fraction of sp³-hybridized carbons (Fsp3) is 0.618. The van der Waals surface area contributed by atoms with Gasteiger partial charge >= 0.3 is 18.2 Å². The van der Waals surface area contributed by atoms with Crippen molar-refractivity contribution < 1.29 is 38.6 Å². The van der Waals surface area contributed by atoms with Crippen molar-refractivity contribution in [2.45, 2.75) is 113 Å². The monoisotopic (exact) mass is 636 g/mol. The maximum Gasteiger partial charge on any atom is 0.410 e. The van der Waals surface area contributed by atoms with Crippen molar-refractivity contribution >= 4 is 30.0 Å². The van der Waals surface area contributed by atoms with Gasteiger partial charge in [0.1, 0.15) is 29.8 Å². The molecule has 0 aromatic heterocycles. The van der Waals surface area contributed by atoms with Gasteiger partial charge in [0.05, 0.1) is 6.54 Å². The number of carboxylic acid groups (broad SMARTS) is 1. The van der Waals surface area contributed by atoms with E-state index in [0.29, 0.717) is 32.4 Å². The van der Waals surface area contributed by atoms with E-state index < -0.39 is 53.7 Å². The molecule has 2 saturated carbocycles. The second kappa shape index (κ2) is 13.7. The summed E-state index contributed by atoms with van der Waals surface area (Å²) >= 11 is 0. The number of alkyl carbamates (subject to hydrolysis) is 1. The van der Waals surface area contributed by atoms with Crippen molar-refractivity contribution in [1.82, 2.24) is 20.4 Å². The lowest BCUT2D eigenvalue weighted by atomic mass is 10.0. The first kappa shape index (κ1) is 31.9. The first-order valence-corrected chi connectivity index (χ1v) is 16.8. The molecule has 248 valence electrons. The van der Waals surface area contributed by atoms with Gasteiger partial charge in [-0.1, -0.05) is 49.3 Å². The summed E-state index contributed by atoms with van der Waals surface area (Å²) in [5, 5.41) is 15.6. The number of benzene rings is 1. The summed E-state index contributed by atoms with van der Waals surface area (Å²) in [6.45, 7) is 0.839. The molecule has 1 aromatic carbocycles. The highest BCUT2D eigenvalue weighted by molar-refractivity contribution is 5.96. The summed E-state index contributed by atoms with van der Waals surface area (Å²) in [7, 11) is 0. The molecular weight excluding hydrogens is 592 g/mol. The van der Waals surface area contributed by atoms with Crippen LogP contribution in [0.25, 0.3) is 0 Å². The number of carbonyl (C=O) groups excluding carboxylic acids is 4. The number of hydrogen-bond acceptors (Lipinski definition) is 7. The topological polar surface area (TPSA) is 155 Å². The highest BCUT2D eigenvalue weighted by Gasteiger charge is 2.61. The summed E-state index contributed by atoms with van der Waals surface area (Å²) in [5.41, 5.74) is 0.789. The number of ether oxygens (including phenoxy) is 2. The summed E-state index contributed by atoms with van der Waals surface area (Å²) in [5.74, 6) is -2.56. The van der Waals surface area contributed by atoms with E-state index in [2.05, 4.69) is 10.6 Å². The number of nitrogens with one attached hydrogen (secondary N) is 2. The summed E-state index contributed by atoms with van der Waals surface area (Å²) < 4.78 is 11.5. The van der Waals surface area contributed by atoms with Crippen LogP contribution in [-0.2, 0) is 36.8 Å². The maximum atomic E-state index is 14.2. The zero-order valence-electron chi connectivity index (χ0n) is 26.2. The van der Waals surface area contributed by atoms with Crippen LogP contribution < -0.4 is 10.6 Å². The van der Waals surface area contributed by atoms with E-state index >= 15 is 0 Å². The van der Waals surface area contributed by atoms with Crippen molar-refractivity contribution in [3.05, 3.63) is 47.5 Å². The summed E-state index contributed by atoms with van der Waals surface area (Å²) in [6.07, 6.45) is 9.60. The molecule has 1 saturated heterocycles. The van der Waals surface area contributed by atoms with Crippen LogP contribution in [0.15, 0.2) is 36.4 Å². The molecule has 12 nitrogen and oxygen atoms in total. The molecule has 6 rings (SSSR count). The molecular formula is C34H44N4O8. The Bertz CT molecular complexity index is 1380. The van der Waals surface area contributed by atoms with Crippen LogP contribution in [0.2, 0.25) is 0 Å². The van der Waals surface area contributed by atoms with Crippen LogP contribution in [0.1, 0.15) is 81.8 Å². The van der Waals surface area contributed by atoms with Gasteiger partial charge in [0.15, 0.2) is 0 Å². The Hall–Kier alpha value is -4.09. The lowest BCUT2D eigenvalue weighted by molar-refractivity contribution is -0.145. The molecule has 46 heavy (non-hydrogen) atoms. The van der Waals surface area contributed by atoms with Gasteiger partial charge in [0.2, 0.25) is 11.8 Å². The lowest BCUT2D eigenvalue weighted by Gasteiger charge is -2.30. The first-order valence-electron chi connectivity index (χ1n) is 16.8. The average molecular weight is 637 g/mol. The zero-order chi connectivity index (χ0) is 32.3. The van der Waals surface area contributed by atoms with E-state index in [0.717, 1.165) is 50.5 Å². The van der Waals surface area contributed by atoms with E-state index in [1.807, 2.05) is 36.4 Å². The molecule has 0 unspecified atom stereocenters. The molecule has 0 radical (unpaired) electrons. The number of nitrogens with zero attached hydrogens (tertiary/aromatic N) is 2. The van der Waals surface area contributed by atoms with Crippen LogP contribution in [0, 0.1) is 5.92 Å². The van der Waals surface area contributed by atoms with E-state index in [-0.39, 0.29) is 31.4 Å². The number of allylic oxidation sites excluding steroid dienone is 1. The Kier molecular flexibility index (Phi) is 9.51. The van der Waals surface area contributed by atoms with Gasteiger partial charge in [-0.3, -0.25) is 9.59 Å². The maximum absolute atomic E-state index is 14.2. The minimum Gasteiger partial charge on any atom is -0.479 e. The Morgan fingerprint density at radius 3 is 2.50 bits per heavy atom. The van der Waals surface area contributed by atoms with Crippen molar-refractivity contribution in [3.8, 4) is 0 Å². The molecule has 0 bridgehead atoms. The predicted molar refractivity (Wildman–Crippen MR) is 165 cm³/mol. The lowest BCUT2D eigenvalue weighted by Crippen LogP contribution is -2.56. The highest BCUT2D eigenvalue weighted by atomic mass is 16.6. The molecule has 0 spiro atoms. The van der Waals surface area contributed by atoms with Crippen LogP contribution in [0.5, 0.6) is 0 Å². The number of fused-ring (bicyclic) bond motifs is 3. The van der Waals surface area contributed by atoms with Crippen LogP contribution in [0.3, 0.4) is 0 Å². The quantitative estimate of drug-likeness (QED) is 0.423. The molecule has 3 aliphatic heterocycles. The van der Waals surface area contributed by atoms with Gasteiger partial charge in [0, 0.05) is 25.4 Å². The van der Waals surface area contributed by atoms with Gasteiger partial charge in [-0.2, -0.15) is 0 Å². The molecule has 3 heterocycles. The molecule has 5 aliphatic rings. The number of amides is 4. The van der Waals surface area contributed by atoms with Crippen molar-refractivity contribution in [1.29, 1.82) is 0 Å². The first-order chi connectivity index (χ1) is 22.2. The molecule has 3 fully saturated rings. The minimum absolute atomic E-state index is 0.0170. The Labute approximate surface area is 268 Å². The van der Waals surface area contributed by atoms with Gasteiger partial charge in [0.25, 0.3) is 0 Å². The van der Waals surface area contributed by atoms with Crippen molar-refractivity contribution in [2.75, 3.05) is 13.1 Å². The number of rotatable bonds is 4. The van der Waals surface area contributed by atoms with Gasteiger partial charge in [-0.05, 0) is 68.9 Å². The van der Waals surface area contributed by atoms with E-state index in [1.165, 1.54) is 10.5 Å². The predicted octanol–water partition coefficient (Wildman–Crippen LogP) is 3.67. The second-order valence-corrected chi connectivity index (χ2v) is 13.3. The van der Waals surface area contributed by atoms with Gasteiger partial charge < -0.3 is 35.0 Å². The third-order valence-corrected chi connectivity index (χ3v) is 10.1. The fourth-order valence-corrected chi connectivity index (χ4v) is 7.35. The van der Waals surface area contributed by atoms with Crippen molar-refractivity contribution in [2.24, 2.45) is 5.92 Å². The van der Waals surface area contributed by atoms with E-state index in [1.54, 1.807) is 4.90 Å². The number of aliphatic carboxylic acids is 1. The molecule has 12 heteroatoms. The largest absolute Gasteiger partial charge is 0.479 e. The van der Waals surface area contributed by atoms with Crippen molar-refractivity contribution in [3.63, 3.8) is 0 Å². The van der Waals surface area contributed by atoms with Gasteiger partial charge in [-0.25, -0.2) is 14.4 Å². The standard InChI is InChI=1S/C34H44N4O8/c39-29-28-18-26(46-33(44)37-17-16-22-10-6-7-11-23(22)20-37)21-38(28)30(40)27(35-32(43)45-25-13-8-9-14-25)15-5-3-1-2-4-12-24-19-34(24,36-29)31(41)42/h4,6-7,10-12,24-28H,1-3,5,8-9,13-21H2,(H,35,43)(H,36,39)(H,41,42)/t24-,26-,27+,28+,34-/m1/s1.